The molecule has 0 bridgehead atoms. The van der Waals surface area contributed by atoms with Gasteiger partial charge in [-0.15, -0.1) is 10.2 Å². The van der Waals surface area contributed by atoms with Crippen molar-refractivity contribution in [3.05, 3.63) is 58.3 Å². The van der Waals surface area contributed by atoms with Gasteiger partial charge in [-0.2, -0.15) is 0 Å². The molecule has 0 aliphatic heterocycles. The number of rotatable bonds is 9. The molecule has 0 saturated heterocycles. The normalized spacial score (nSPS) is 16.9. The summed E-state index contributed by atoms with van der Waals surface area (Å²) in [6.07, 6.45) is 4.03. The number of nitrogens with two attached hydrogens (primary N) is 1. The minimum absolute atomic E-state index is 0.0785. The van der Waals surface area contributed by atoms with Gasteiger partial charge in [0.15, 0.2) is 0 Å². The molecule has 1 saturated carbocycles. The number of aliphatic hydroxyl groups is 1. The van der Waals surface area contributed by atoms with E-state index in [1.54, 1.807) is 33.2 Å². The van der Waals surface area contributed by atoms with Gasteiger partial charge in [-0.25, -0.2) is 13.8 Å². The SMILES string of the molecule is CN=C/C=C(\N)[C@H]1CC1c1nnc(NC(=O)c2cnc(C#CCC(C)(C)O)cc2-c2cc(C(F)F)ncc2OC)s1. The van der Waals surface area contributed by atoms with Gasteiger partial charge in [0.05, 0.1) is 24.5 Å². The van der Waals surface area contributed by atoms with Crippen LogP contribution >= 0.6 is 11.3 Å². The van der Waals surface area contributed by atoms with Crippen molar-refractivity contribution in [2.24, 2.45) is 16.6 Å². The van der Waals surface area contributed by atoms with Gasteiger partial charge in [0.2, 0.25) is 5.13 Å². The highest BCUT2D eigenvalue weighted by Crippen LogP contribution is 2.51. The molecule has 1 fully saturated rings. The lowest BCUT2D eigenvalue weighted by molar-refractivity contribution is 0.0862. The number of carbonyl (C=O) groups is 1. The Morgan fingerprint density at radius 3 is 2.78 bits per heavy atom. The highest BCUT2D eigenvalue weighted by molar-refractivity contribution is 7.15. The fourth-order valence-electron chi connectivity index (χ4n) is 3.95. The van der Waals surface area contributed by atoms with Crippen LogP contribution in [0.5, 0.6) is 5.75 Å². The van der Waals surface area contributed by atoms with E-state index >= 15 is 0 Å². The van der Waals surface area contributed by atoms with Crippen LogP contribution in [0.4, 0.5) is 13.9 Å². The molecule has 10 nitrogen and oxygen atoms in total. The number of hydrogen-bond acceptors (Lipinski definition) is 10. The molecule has 2 atom stereocenters. The third-order valence-corrected chi connectivity index (χ3v) is 7.09. The van der Waals surface area contributed by atoms with E-state index in [0.29, 0.717) is 5.70 Å². The van der Waals surface area contributed by atoms with Crippen LogP contribution in [0.3, 0.4) is 0 Å². The van der Waals surface area contributed by atoms with Crippen LogP contribution in [0.25, 0.3) is 11.1 Å². The Labute approximate surface area is 239 Å². The molecule has 3 heterocycles. The average Bonchev–Trinajstić information content (AvgIpc) is 3.61. The van der Waals surface area contributed by atoms with E-state index in [9.17, 15) is 18.7 Å². The number of carbonyl (C=O) groups excluding carboxylic acids is 1. The molecule has 1 aliphatic rings. The molecule has 214 valence electrons. The maximum Gasteiger partial charge on any atom is 0.280 e. The van der Waals surface area contributed by atoms with Crippen LogP contribution in [0, 0.1) is 17.8 Å². The summed E-state index contributed by atoms with van der Waals surface area (Å²) in [5, 5.41) is 22.0. The van der Waals surface area contributed by atoms with Gasteiger partial charge in [-0.05, 0) is 44.4 Å². The van der Waals surface area contributed by atoms with Crippen molar-refractivity contribution >= 4 is 28.6 Å². The average molecular weight is 582 g/mol. The Morgan fingerprint density at radius 1 is 1.32 bits per heavy atom. The topological polar surface area (TPSA) is 148 Å². The molecule has 13 heteroatoms. The van der Waals surface area contributed by atoms with E-state index in [2.05, 4.69) is 42.3 Å². The van der Waals surface area contributed by atoms with Crippen molar-refractivity contribution in [2.45, 2.75) is 44.6 Å². The molecule has 3 aromatic rings. The molecule has 1 unspecified atom stereocenters. The fraction of sp³-hybridized carbons (Fsp3) is 0.357. The zero-order valence-corrected chi connectivity index (χ0v) is 23.7. The number of aromatic nitrogens is 4. The first kappa shape index (κ1) is 29.7. The minimum Gasteiger partial charge on any atom is -0.494 e. The first-order valence-electron chi connectivity index (χ1n) is 12.6. The summed E-state index contributed by atoms with van der Waals surface area (Å²) >= 11 is 1.23. The third-order valence-electron chi connectivity index (χ3n) is 6.12. The largest absolute Gasteiger partial charge is 0.494 e. The summed E-state index contributed by atoms with van der Waals surface area (Å²) in [5.41, 5.74) is 6.15. The van der Waals surface area contributed by atoms with Gasteiger partial charge in [-0.3, -0.25) is 20.1 Å². The second kappa shape index (κ2) is 12.5. The second-order valence-corrected chi connectivity index (χ2v) is 10.9. The predicted octanol–water partition coefficient (Wildman–Crippen LogP) is 4.35. The van der Waals surface area contributed by atoms with Crippen molar-refractivity contribution in [1.29, 1.82) is 0 Å². The first-order chi connectivity index (χ1) is 19.5. The standard InChI is InChI=1S/C28H29F2N7O3S/c1-28(2,39)8-5-6-15-10-16(18-12-22(24(29)30)34-14-23(18)40-4)20(13-33-15)25(38)35-27-37-36-26(41-27)19-11-17(19)21(31)7-9-32-3/h7,9-10,12-14,17,19,24,39H,8,11,31H2,1-4H3,(H,35,37,38)/b21-7-,32-9?/t17-,19?/m0/s1. The molecule has 1 aliphatic carbocycles. The smallest absolute Gasteiger partial charge is 0.280 e. The van der Waals surface area contributed by atoms with Gasteiger partial charge in [-0.1, -0.05) is 17.3 Å². The Bertz CT molecular complexity index is 1550. The summed E-state index contributed by atoms with van der Waals surface area (Å²) < 4.78 is 32.5. The zero-order chi connectivity index (χ0) is 29.7. The van der Waals surface area contributed by atoms with Crippen LogP contribution in [-0.2, 0) is 0 Å². The van der Waals surface area contributed by atoms with E-state index < -0.39 is 23.6 Å². The Morgan fingerprint density at radius 2 is 2.10 bits per heavy atom. The number of allylic oxidation sites excluding steroid dienone is 2. The number of nitrogens with zero attached hydrogens (tertiary/aromatic N) is 5. The van der Waals surface area contributed by atoms with Crippen LogP contribution in [0.2, 0.25) is 0 Å². The quantitative estimate of drug-likeness (QED) is 0.249. The molecule has 1 amide bonds. The summed E-state index contributed by atoms with van der Waals surface area (Å²) in [5.74, 6) is 5.54. The Hall–Kier alpha value is -4.28. The monoisotopic (exact) mass is 581 g/mol. The number of amides is 1. The van der Waals surface area contributed by atoms with E-state index in [4.69, 9.17) is 10.5 Å². The van der Waals surface area contributed by atoms with Crippen molar-refractivity contribution in [2.75, 3.05) is 19.5 Å². The molecule has 41 heavy (non-hydrogen) atoms. The van der Waals surface area contributed by atoms with Gasteiger partial charge < -0.3 is 15.6 Å². The summed E-state index contributed by atoms with van der Waals surface area (Å²) in [6, 6.07) is 2.68. The Balaban J connectivity index is 1.66. The molecular weight excluding hydrogens is 552 g/mol. The maximum absolute atomic E-state index is 13.5. The van der Waals surface area contributed by atoms with Crippen LogP contribution < -0.4 is 15.8 Å². The number of hydrogen-bond donors (Lipinski definition) is 3. The lowest BCUT2D eigenvalue weighted by Gasteiger charge is -2.14. The second-order valence-electron chi connectivity index (χ2n) is 9.94. The van der Waals surface area contributed by atoms with Crippen molar-refractivity contribution in [3.8, 4) is 28.7 Å². The summed E-state index contributed by atoms with van der Waals surface area (Å²) in [7, 11) is 3.04. The number of halogens is 2. The Kier molecular flexibility index (Phi) is 9.05. The van der Waals surface area contributed by atoms with Crippen molar-refractivity contribution < 1.29 is 23.4 Å². The molecule has 0 spiro atoms. The number of alkyl halides is 2. The van der Waals surface area contributed by atoms with E-state index in [-0.39, 0.29) is 51.5 Å². The van der Waals surface area contributed by atoms with E-state index in [0.717, 1.165) is 11.4 Å². The number of aliphatic imine (C=N–C) groups is 1. The highest BCUT2D eigenvalue weighted by atomic mass is 32.1. The number of anilines is 1. The zero-order valence-electron chi connectivity index (χ0n) is 22.9. The predicted molar refractivity (Wildman–Crippen MR) is 152 cm³/mol. The summed E-state index contributed by atoms with van der Waals surface area (Å²) in [6.45, 7) is 3.24. The lowest BCUT2D eigenvalue weighted by atomic mass is 9.99. The first-order valence-corrected chi connectivity index (χ1v) is 13.4. The number of ether oxygens (including phenoxy) is 1. The molecular formula is C28H29F2N7O3S. The van der Waals surface area contributed by atoms with Crippen molar-refractivity contribution in [1.82, 2.24) is 20.2 Å². The van der Waals surface area contributed by atoms with Gasteiger partial charge in [0.1, 0.15) is 22.1 Å². The van der Waals surface area contributed by atoms with Crippen LogP contribution in [0.1, 0.15) is 65.8 Å². The molecule has 0 radical (unpaired) electrons. The molecule has 4 rings (SSSR count). The number of pyridine rings is 2. The summed E-state index contributed by atoms with van der Waals surface area (Å²) in [4.78, 5) is 25.4. The fourth-order valence-corrected chi connectivity index (χ4v) is 4.87. The number of methoxy groups -OCH3 is 1. The van der Waals surface area contributed by atoms with Crippen molar-refractivity contribution in [3.63, 3.8) is 0 Å². The number of nitrogens with one attached hydrogen (secondary N) is 1. The maximum atomic E-state index is 13.5. The van der Waals surface area contributed by atoms with Gasteiger partial charge in [0.25, 0.3) is 12.3 Å². The molecule has 4 N–H and O–H groups in total. The molecule has 3 aromatic heterocycles. The minimum atomic E-state index is -2.84. The van der Waals surface area contributed by atoms with Gasteiger partial charge >= 0.3 is 0 Å². The van der Waals surface area contributed by atoms with Crippen LogP contribution in [-0.4, -0.2) is 57.2 Å². The van der Waals surface area contributed by atoms with E-state index in [1.807, 2.05) is 0 Å². The van der Waals surface area contributed by atoms with Gasteiger partial charge in [0, 0.05) is 54.5 Å². The molecule has 0 aromatic carbocycles. The lowest BCUT2D eigenvalue weighted by Crippen LogP contribution is -2.16. The van der Waals surface area contributed by atoms with E-state index in [1.165, 1.54) is 43.0 Å². The third kappa shape index (κ3) is 7.47. The highest BCUT2D eigenvalue weighted by Gasteiger charge is 2.42. The van der Waals surface area contributed by atoms with Crippen LogP contribution in [0.15, 0.2) is 41.3 Å².